The topological polar surface area (TPSA) is 60.1 Å². The molecule has 5 nitrogen and oxygen atoms in total. The molecular weight excluding hydrogens is 347 g/mol. The fraction of sp³-hybridized carbons (Fsp3) is 0.278. The summed E-state index contributed by atoms with van der Waals surface area (Å²) in [7, 11) is 3.08. The first-order valence-electron chi connectivity index (χ1n) is 7.85. The van der Waals surface area contributed by atoms with E-state index in [1.807, 2.05) is 12.1 Å². The second kappa shape index (κ2) is 6.78. The van der Waals surface area contributed by atoms with Crippen LogP contribution >= 0.6 is 0 Å². The molecule has 2 N–H and O–H groups in total. The van der Waals surface area contributed by atoms with Crippen molar-refractivity contribution in [2.45, 2.75) is 18.6 Å². The molecule has 0 radical (unpaired) electrons. The predicted octanol–water partition coefficient (Wildman–Crippen LogP) is 3.95. The molecule has 26 heavy (non-hydrogen) atoms. The Hall–Kier alpha value is -2.90. The van der Waals surface area contributed by atoms with Gasteiger partial charge >= 0.3 is 6.18 Å². The zero-order valence-corrected chi connectivity index (χ0v) is 14.2. The third-order valence-corrected chi connectivity index (χ3v) is 4.19. The highest BCUT2D eigenvalue weighted by Gasteiger charge is 2.32. The molecule has 0 fully saturated rings. The molecule has 0 saturated carbocycles. The molecule has 0 amide bonds. The SMILES string of the molecule is COc1ccc([C@@H]2CC(N)=NN2c2ccc(C(F)(F)F)cc2)cc1OC. The summed E-state index contributed by atoms with van der Waals surface area (Å²) in [6.07, 6.45) is -3.93. The molecule has 138 valence electrons. The van der Waals surface area contributed by atoms with E-state index in [0.717, 1.165) is 17.7 Å². The number of alkyl halides is 3. The summed E-state index contributed by atoms with van der Waals surface area (Å²) >= 11 is 0. The number of ether oxygens (including phenoxy) is 2. The van der Waals surface area contributed by atoms with E-state index in [2.05, 4.69) is 5.10 Å². The van der Waals surface area contributed by atoms with Gasteiger partial charge < -0.3 is 15.2 Å². The molecular formula is C18H18F3N3O2. The van der Waals surface area contributed by atoms with Crippen LogP contribution in [0.25, 0.3) is 0 Å². The second-order valence-corrected chi connectivity index (χ2v) is 5.81. The van der Waals surface area contributed by atoms with E-state index in [1.54, 1.807) is 18.2 Å². The van der Waals surface area contributed by atoms with Crippen LogP contribution in [0, 0.1) is 0 Å². The van der Waals surface area contributed by atoms with Crippen molar-refractivity contribution in [2.75, 3.05) is 19.2 Å². The average molecular weight is 365 g/mol. The largest absolute Gasteiger partial charge is 0.493 e. The zero-order chi connectivity index (χ0) is 18.9. The maximum Gasteiger partial charge on any atom is 0.416 e. The number of methoxy groups -OCH3 is 2. The summed E-state index contributed by atoms with van der Waals surface area (Å²) in [6.45, 7) is 0. The zero-order valence-electron chi connectivity index (χ0n) is 14.2. The van der Waals surface area contributed by atoms with Crippen molar-refractivity contribution in [3.05, 3.63) is 53.6 Å². The molecule has 1 aliphatic heterocycles. The van der Waals surface area contributed by atoms with Gasteiger partial charge in [-0.2, -0.15) is 18.3 Å². The lowest BCUT2D eigenvalue weighted by Gasteiger charge is -2.24. The van der Waals surface area contributed by atoms with Crippen molar-refractivity contribution in [2.24, 2.45) is 10.8 Å². The van der Waals surface area contributed by atoms with Gasteiger partial charge in [-0.3, -0.25) is 5.01 Å². The van der Waals surface area contributed by atoms with E-state index in [-0.39, 0.29) is 6.04 Å². The Bertz CT molecular complexity index is 819. The lowest BCUT2D eigenvalue weighted by molar-refractivity contribution is -0.137. The van der Waals surface area contributed by atoms with Crippen molar-refractivity contribution >= 4 is 11.5 Å². The van der Waals surface area contributed by atoms with Crippen LogP contribution in [0.5, 0.6) is 11.5 Å². The Labute approximate surface area is 148 Å². The molecule has 1 aliphatic rings. The number of hydrazone groups is 1. The minimum absolute atomic E-state index is 0.244. The first-order chi connectivity index (χ1) is 12.3. The third-order valence-electron chi connectivity index (χ3n) is 4.19. The summed E-state index contributed by atoms with van der Waals surface area (Å²) in [5.41, 5.74) is 6.57. The van der Waals surface area contributed by atoms with Gasteiger partial charge in [-0.1, -0.05) is 6.07 Å². The van der Waals surface area contributed by atoms with Gasteiger partial charge in [0.05, 0.1) is 31.5 Å². The van der Waals surface area contributed by atoms with Crippen molar-refractivity contribution in [3.8, 4) is 11.5 Å². The van der Waals surface area contributed by atoms with Crippen molar-refractivity contribution in [1.82, 2.24) is 0 Å². The van der Waals surface area contributed by atoms with E-state index in [4.69, 9.17) is 15.2 Å². The van der Waals surface area contributed by atoms with Gasteiger partial charge in [0.2, 0.25) is 0 Å². The number of nitrogens with two attached hydrogens (primary N) is 1. The van der Waals surface area contributed by atoms with Crippen LogP contribution in [0.4, 0.5) is 18.9 Å². The van der Waals surface area contributed by atoms with Gasteiger partial charge in [-0.05, 0) is 42.0 Å². The van der Waals surface area contributed by atoms with Crippen molar-refractivity contribution in [3.63, 3.8) is 0 Å². The highest BCUT2D eigenvalue weighted by Crippen LogP contribution is 2.39. The summed E-state index contributed by atoms with van der Waals surface area (Å²) in [5, 5.41) is 5.90. The van der Waals surface area contributed by atoms with Crippen LogP contribution in [0.15, 0.2) is 47.6 Å². The Kier molecular flexibility index (Phi) is 4.67. The van der Waals surface area contributed by atoms with Gasteiger partial charge in [0, 0.05) is 6.42 Å². The number of benzene rings is 2. The fourth-order valence-corrected chi connectivity index (χ4v) is 2.89. The molecule has 0 spiro atoms. The second-order valence-electron chi connectivity index (χ2n) is 5.81. The van der Waals surface area contributed by atoms with E-state index in [1.165, 1.54) is 19.2 Å². The Morgan fingerprint density at radius 2 is 1.69 bits per heavy atom. The first-order valence-corrected chi connectivity index (χ1v) is 7.85. The molecule has 0 unspecified atom stereocenters. The first kappa shape index (κ1) is 17.9. The molecule has 0 bridgehead atoms. The predicted molar refractivity (Wildman–Crippen MR) is 92.4 cm³/mol. The Morgan fingerprint density at radius 3 is 2.27 bits per heavy atom. The van der Waals surface area contributed by atoms with E-state index in [0.29, 0.717) is 29.4 Å². The molecule has 0 aromatic heterocycles. The van der Waals surface area contributed by atoms with Crippen molar-refractivity contribution in [1.29, 1.82) is 0 Å². The maximum absolute atomic E-state index is 12.8. The number of nitrogens with zero attached hydrogens (tertiary/aromatic N) is 2. The van der Waals surface area contributed by atoms with Crippen LogP contribution in [0.3, 0.4) is 0 Å². The lowest BCUT2D eigenvalue weighted by Crippen LogP contribution is -2.19. The van der Waals surface area contributed by atoms with Gasteiger partial charge in [-0.15, -0.1) is 0 Å². The van der Waals surface area contributed by atoms with Crippen LogP contribution in [-0.2, 0) is 6.18 Å². The maximum atomic E-state index is 12.8. The molecule has 1 atom stereocenters. The standard InChI is InChI=1S/C18H18F3N3O2/c1-25-15-8-3-11(9-16(15)26-2)14-10-17(22)23-24(14)13-6-4-12(5-7-13)18(19,20)21/h3-9,14H,10H2,1-2H3,(H2,22,23)/t14-/m0/s1. The van der Waals surface area contributed by atoms with Gasteiger partial charge in [-0.25, -0.2) is 0 Å². The molecule has 0 aliphatic carbocycles. The molecule has 2 aromatic carbocycles. The van der Waals surface area contributed by atoms with E-state index in [9.17, 15) is 13.2 Å². The minimum Gasteiger partial charge on any atom is -0.493 e. The summed E-state index contributed by atoms with van der Waals surface area (Å²) in [6, 6.07) is 10.0. The van der Waals surface area contributed by atoms with Crippen LogP contribution in [0.2, 0.25) is 0 Å². The average Bonchev–Trinajstić information content (AvgIpc) is 3.02. The highest BCUT2D eigenvalue weighted by molar-refractivity contribution is 5.85. The Balaban J connectivity index is 1.93. The number of hydrogen-bond donors (Lipinski definition) is 1. The number of anilines is 1. The third kappa shape index (κ3) is 3.40. The minimum atomic E-state index is -4.38. The molecule has 3 rings (SSSR count). The molecule has 8 heteroatoms. The van der Waals surface area contributed by atoms with Crippen LogP contribution < -0.4 is 20.2 Å². The highest BCUT2D eigenvalue weighted by atomic mass is 19.4. The van der Waals surface area contributed by atoms with E-state index >= 15 is 0 Å². The molecule has 1 heterocycles. The summed E-state index contributed by atoms with van der Waals surface area (Å²) in [4.78, 5) is 0. The van der Waals surface area contributed by atoms with Gasteiger partial charge in [0.25, 0.3) is 0 Å². The van der Waals surface area contributed by atoms with Gasteiger partial charge in [0.1, 0.15) is 5.84 Å². The number of amidine groups is 1. The quantitative estimate of drug-likeness (QED) is 0.891. The van der Waals surface area contributed by atoms with E-state index < -0.39 is 11.7 Å². The van der Waals surface area contributed by atoms with Crippen molar-refractivity contribution < 1.29 is 22.6 Å². The fourth-order valence-electron chi connectivity index (χ4n) is 2.89. The normalized spacial score (nSPS) is 17.2. The summed E-state index contributed by atoms with van der Waals surface area (Å²) in [5.74, 6) is 1.55. The number of hydrogen-bond acceptors (Lipinski definition) is 5. The summed E-state index contributed by atoms with van der Waals surface area (Å²) < 4.78 is 48.9. The lowest BCUT2D eigenvalue weighted by atomic mass is 10.0. The molecule has 2 aromatic rings. The molecule has 0 saturated heterocycles. The number of halogens is 3. The van der Waals surface area contributed by atoms with Gasteiger partial charge in [0.15, 0.2) is 11.5 Å². The van der Waals surface area contributed by atoms with Crippen LogP contribution in [-0.4, -0.2) is 20.1 Å². The monoisotopic (exact) mass is 365 g/mol. The Morgan fingerprint density at radius 1 is 1.04 bits per heavy atom. The number of rotatable bonds is 4. The smallest absolute Gasteiger partial charge is 0.416 e. The van der Waals surface area contributed by atoms with Crippen LogP contribution in [0.1, 0.15) is 23.6 Å².